The summed E-state index contributed by atoms with van der Waals surface area (Å²) in [6, 6.07) is 0. The van der Waals surface area contributed by atoms with Crippen LogP contribution in [0.1, 0.15) is 25.7 Å². The molecule has 0 saturated carbocycles. The fourth-order valence-electron chi connectivity index (χ4n) is 0.817. The zero-order valence-corrected chi connectivity index (χ0v) is 8.56. The van der Waals surface area contributed by atoms with Crippen LogP contribution in [-0.2, 0) is 4.79 Å². The third-order valence-electron chi connectivity index (χ3n) is 1.41. The van der Waals surface area contributed by atoms with E-state index in [-0.39, 0.29) is 5.78 Å². The summed E-state index contributed by atoms with van der Waals surface area (Å²) in [5, 5.41) is 8.10. The first-order valence-electron chi connectivity index (χ1n) is 4.11. The summed E-state index contributed by atoms with van der Waals surface area (Å²) >= 11 is 1.49. The van der Waals surface area contributed by atoms with Gasteiger partial charge in [-0.2, -0.15) is 0 Å². The number of hydrogen-bond donors (Lipinski definition) is 0. The molecule has 0 spiro atoms. The molecule has 13 heavy (non-hydrogen) atoms. The first-order valence-corrected chi connectivity index (χ1v) is 5.09. The van der Waals surface area contributed by atoms with Crippen LogP contribution in [0, 0.1) is 6.92 Å². The molecule has 0 aromatic carbocycles. The fourth-order valence-corrected chi connectivity index (χ4v) is 1.56. The highest BCUT2D eigenvalue weighted by atomic mass is 32.2. The standard InChI is InChI=1S/C8H12N2O2S/c1-6(11)4-3-5-13-8-10-9-7(2)12-8/h3-5H2,1-2H3. The molecule has 0 aliphatic rings. The molecule has 0 fully saturated rings. The average molecular weight is 200 g/mol. The van der Waals surface area contributed by atoms with Crippen LogP contribution in [0.25, 0.3) is 0 Å². The van der Waals surface area contributed by atoms with Gasteiger partial charge in [-0.25, -0.2) is 0 Å². The van der Waals surface area contributed by atoms with E-state index in [2.05, 4.69) is 10.2 Å². The summed E-state index contributed by atoms with van der Waals surface area (Å²) in [6.45, 7) is 3.36. The molecule has 0 aliphatic carbocycles. The van der Waals surface area contributed by atoms with Crippen LogP contribution in [0.5, 0.6) is 0 Å². The highest BCUT2D eigenvalue weighted by molar-refractivity contribution is 7.99. The third kappa shape index (κ3) is 4.07. The topological polar surface area (TPSA) is 56.0 Å². The van der Waals surface area contributed by atoms with Crippen molar-refractivity contribution in [3.05, 3.63) is 5.89 Å². The molecule has 0 unspecified atom stereocenters. The van der Waals surface area contributed by atoms with Gasteiger partial charge in [-0.3, -0.25) is 0 Å². The smallest absolute Gasteiger partial charge is 0.276 e. The molecule has 5 heteroatoms. The van der Waals surface area contributed by atoms with Crippen molar-refractivity contribution in [3.63, 3.8) is 0 Å². The third-order valence-corrected chi connectivity index (χ3v) is 2.31. The Labute approximate surface area is 81.1 Å². The van der Waals surface area contributed by atoms with Crippen molar-refractivity contribution >= 4 is 17.5 Å². The van der Waals surface area contributed by atoms with Gasteiger partial charge in [0.2, 0.25) is 5.89 Å². The largest absolute Gasteiger partial charge is 0.416 e. The van der Waals surface area contributed by atoms with E-state index in [9.17, 15) is 4.79 Å². The van der Waals surface area contributed by atoms with E-state index in [0.717, 1.165) is 12.2 Å². The van der Waals surface area contributed by atoms with E-state index < -0.39 is 0 Å². The predicted octanol–water partition coefficient (Wildman–Crippen LogP) is 1.84. The molecule has 0 atom stereocenters. The molecule has 1 rings (SSSR count). The Bertz CT molecular complexity index is 285. The summed E-state index contributed by atoms with van der Waals surface area (Å²) in [7, 11) is 0. The molecule has 0 amide bonds. The first-order chi connectivity index (χ1) is 6.18. The molecular weight excluding hydrogens is 188 g/mol. The molecule has 4 nitrogen and oxygen atoms in total. The van der Waals surface area contributed by atoms with E-state index in [1.807, 2.05) is 0 Å². The zero-order chi connectivity index (χ0) is 9.68. The van der Waals surface area contributed by atoms with Gasteiger partial charge in [0.1, 0.15) is 5.78 Å². The maximum Gasteiger partial charge on any atom is 0.276 e. The van der Waals surface area contributed by atoms with Crippen LogP contribution in [0.4, 0.5) is 0 Å². The highest BCUT2D eigenvalue weighted by Gasteiger charge is 2.02. The lowest BCUT2D eigenvalue weighted by atomic mass is 10.3. The number of rotatable bonds is 5. The number of carbonyl (C=O) groups excluding carboxylic acids is 1. The Balaban J connectivity index is 2.16. The maximum absolute atomic E-state index is 10.6. The Morgan fingerprint density at radius 2 is 2.31 bits per heavy atom. The minimum absolute atomic E-state index is 0.224. The highest BCUT2D eigenvalue weighted by Crippen LogP contribution is 2.16. The molecule has 1 aromatic rings. The second kappa shape index (κ2) is 5.01. The number of thioether (sulfide) groups is 1. The first kappa shape index (κ1) is 10.2. The normalized spacial score (nSPS) is 10.3. The van der Waals surface area contributed by atoms with Crippen molar-refractivity contribution in [2.45, 2.75) is 31.9 Å². The van der Waals surface area contributed by atoms with E-state index in [1.54, 1.807) is 13.8 Å². The van der Waals surface area contributed by atoms with Crippen LogP contribution in [0.2, 0.25) is 0 Å². The van der Waals surface area contributed by atoms with Gasteiger partial charge >= 0.3 is 0 Å². The molecular formula is C8H12N2O2S. The predicted molar refractivity (Wildman–Crippen MR) is 49.7 cm³/mol. The SMILES string of the molecule is CC(=O)CCCSc1nnc(C)o1. The summed E-state index contributed by atoms with van der Waals surface area (Å²) in [5.41, 5.74) is 0. The van der Waals surface area contributed by atoms with Crippen molar-refractivity contribution in [2.75, 3.05) is 5.75 Å². The maximum atomic E-state index is 10.6. The monoisotopic (exact) mass is 200 g/mol. The van der Waals surface area contributed by atoms with Gasteiger partial charge in [0.25, 0.3) is 5.22 Å². The van der Waals surface area contributed by atoms with Crippen LogP contribution in [0.3, 0.4) is 0 Å². The Kier molecular flexibility index (Phi) is 3.95. The fraction of sp³-hybridized carbons (Fsp3) is 0.625. The van der Waals surface area contributed by atoms with Crippen molar-refractivity contribution in [2.24, 2.45) is 0 Å². The summed E-state index contributed by atoms with van der Waals surface area (Å²) < 4.78 is 5.15. The zero-order valence-electron chi connectivity index (χ0n) is 7.74. The van der Waals surface area contributed by atoms with Gasteiger partial charge in [-0.15, -0.1) is 10.2 Å². The Hall–Kier alpha value is -0.840. The summed E-state index contributed by atoms with van der Waals surface area (Å²) in [4.78, 5) is 10.6. The van der Waals surface area contributed by atoms with E-state index in [4.69, 9.17) is 4.42 Å². The lowest BCUT2D eigenvalue weighted by molar-refractivity contribution is -0.117. The molecule has 1 heterocycles. The quantitative estimate of drug-likeness (QED) is 0.536. The molecule has 0 aliphatic heterocycles. The van der Waals surface area contributed by atoms with Gasteiger partial charge in [0.05, 0.1) is 0 Å². The van der Waals surface area contributed by atoms with Crippen molar-refractivity contribution in [1.82, 2.24) is 10.2 Å². The average Bonchev–Trinajstić information content (AvgIpc) is 2.45. The van der Waals surface area contributed by atoms with Crippen molar-refractivity contribution in [3.8, 4) is 0 Å². The van der Waals surface area contributed by atoms with Crippen molar-refractivity contribution < 1.29 is 9.21 Å². The summed E-state index contributed by atoms with van der Waals surface area (Å²) in [5.74, 6) is 1.65. The van der Waals surface area contributed by atoms with Crippen LogP contribution in [-0.4, -0.2) is 21.7 Å². The van der Waals surface area contributed by atoms with E-state index >= 15 is 0 Å². The number of carbonyl (C=O) groups is 1. The second-order valence-electron chi connectivity index (χ2n) is 2.74. The molecule has 0 bridgehead atoms. The van der Waals surface area contributed by atoms with Gasteiger partial charge in [-0.1, -0.05) is 11.8 Å². The number of hydrogen-bond acceptors (Lipinski definition) is 5. The van der Waals surface area contributed by atoms with Crippen LogP contribution >= 0.6 is 11.8 Å². The number of nitrogens with zero attached hydrogens (tertiary/aromatic N) is 2. The number of aromatic nitrogens is 2. The number of ketones is 1. The van der Waals surface area contributed by atoms with E-state index in [1.165, 1.54) is 11.8 Å². The second-order valence-corrected chi connectivity index (χ2v) is 3.79. The minimum atomic E-state index is 0.224. The number of Topliss-reactive ketones (excluding diaryl/α,β-unsaturated/α-hetero) is 1. The minimum Gasteiger partial charge on any atom is -0.416 e. The molecule has 1 aromatic heterocycles. The molecule has 0 saturated heterocycles. The lowest BCUT2D eigenvalue weighted by Gasteiger charge is -1.93. The van der Waals surface area contributed by atoms with Gasteiger partial charge in [0, 0.05) is 19.1 Å². The van der Waals surface area contributed by atoms with E-state index in [0.29, 0.717) is 17.5 Å². The molecule has 72 valence electrons. The Morgan fingerprint density at radius 1 is 1.54 bits per heavy atom. The number of aryl methyl sites for hydroxylation is 1. The van der Waals surface area contributed by atoms with Crippen LogP contribution in [0.15, 0.2) is 9.64 Å². The van der Waals surface area contributed by atoms with Gasteiger partial charge < -0.3 is 9.21 Å². The molecule has 0 N–H and O–H groups in total. The van der Waals surface area contributed by atoms with Crippen LogP contribution < -0.4 is 0 Å². The van der Waals surface area contributed by atoms with Gasteiger partial charge in [-0.05, 0) is 13.3 Å². The summed E-state index contributed by atoms with van der Waals surface area (Å²) in [6.07, 6.45) is 1.49. The van der Waals surface area contributed by atoms with Crippen molar-refractivity contribution in [1.29, 1.82) is 0 Å². The Morgan fingerprint density at radius 3 is 2.85 bits per heavy atom. The lowest BCUT2D eigenvalue weighted by Crippen LogP contribution is -1.90. The molecule has 0 radical (unpaired) electrons. The van der Waals surface area contributed by atoms with Gasteiger partial charge in [0.15, 0.2) is 0 Å².